The maximum Gasteiger partial charge on any atom is 0.188 e. The van der Waals surface area contributed by atoms with Crippen LogP contribution in [0, 0.1) is 0 Å². The van der Waals surface area contributed by atoms with E-state index in [1.165, 1.54) is 32.1 Å². The van der Waals surface area contributed by atoms with E-state index < -0.39 is 0 Å². The molecule has 94 valence electrons. The van der Waals surface area contributed by atoms with Gasteiger partial charge in [-0.3, -0.25) is 4.99 Å². The van der Waals surface area contributed by atoms with Crippen LogP contribution in [0.15, 0.2) is 4.99 Å². The summed E-state index contributed by atoms with van der Waals surface area (Å²) in [5.74, 6) is 0.516. The molecule has 0 aliphatic heterocycles. The van der Waals surface area contributed by atoms with Crippen LogP contribution in [-0.2, 0) is 4.74 Å². The Morgan fingerprint density at radius 1 is 1.38 bits per heavy atom. The molecular weight excluding hydrogens is 202 g/mol. The Hall–Kier alpha value is -0.770. The van der Waals surface area contributed by atoms with Gasteiger partial charge in [-0.15, -0.1) is 0 Å². The number of rotatable bonds is 5. The van der Waals surface area contributed by atoms with Gasteiger partial charge in [0.05, 0.1) is 19.3 Å². The predicted octanol–water partition coefficient (Wildman–Crippen LogP) is 1.65. The molecule has 0 amide bonds. The van der Waals surface area contributed by atoms with Crippen LogP contribution in [0.3, 0.4) is 0 Å². The fraction of sp³-hybridized carbons (Fsp3) is 0.917. The molecule has 4 nitrogen and oxygen atoms in total. The van der Waals surface area contributed by atoms with Crippen molar-refractivity contribution in [1.82, 2.24) is 5.32 Å². The van der Waals surface area contributed by atoms with Gasteiger partial charge in [-0.2, -0.15) is 0 Å². The summed E-state index contributed by atoms with van der Waals surface area (Å²) in [6.07, 6.45) is 6.87. The van der Waals surface area contributed by atoms with E-state index in [9.17, 15) is 0 Å². The van der Waals surface area contributed by atoms with Crippen LogP contribution in [0.1, 0.15) is 46.0 Å². The summed E-state index contributed by atoms with van der Waals surface area (Å²) < 4.78 is 5.75. The molecular formula is C12H25N3O. The number of aliphatic imine (C=N–C) groups is 1. The molecule has 1 fully saturated rings. The molecule has 1 aliphatic carbocycles. The first-order valence-corrected chi connectivity index (χ1v) is 6.36. The molecule has 3 N–H and O–H groups in total. The van der Waals surface area contributed by atoms with Gasteiger partial charge in [0.25, 0.3) is 0 Å². The highest BCUT2D eigenvalue weighted by Gasteiger charge is 2.12. The van der Waals surface area contributed by atoms with Crippen LogP contribution in [-0.4, -0.2) is 31.3 Å². The third-order valence-electron chi connectivity index (χ3n) is 2.72. The first-order chi connectivity index (χ1) is 7.68. The molecule has 0 unspecified atom stereocenters. The van der Waals surface area contributed by atoms with Gasteiger partial charge in [0.2, 0.25) is 0 Å². The van der Waals surface area contributed by atoms with E-state index in [0.29, 0.717) is 31.3 Å². The van der Waals surface area contributed by atoms with Crippen molar-refractivity contribution in [2.24, 2.45) is 10.7 Å². The molecule has 16 heavy (non-hydrogen) atoms. The first kappa shape index (κ1) is 13.3. The lowest BCUT2D eigenvalue weighted by molar-refractivity contribution is 0.0334. The van der Waals surface area contributed by atoms with Gasteiger partial charge in [-0.05, 0) is 26.7 Å². The molecule has 4 heteroatoms. The Morgan fingerprint density at radius 3 is 2.69 bits per heavy atom. The summed E-state index contributed by atoms with van der Waals surface area (Å²) in [6.45, 7) is 5.43. The van der Waals surface area contributed by atoms with Crippen LogP contribution in [0.25, 0.3) is 0 Å². The predicted molar refractivity (Wildman–Crippen MR) is 67.6 cm³/mol. The van der Waals surface area contributed by atoms with Crippen molar-refractivity contribution < 1.29 is 4.74 Å². The molecule has 1 rings (SSSR count). The minimum atomic E-state index is 0.336. The second-order valence-corrected chi connectivity index (χ2v) is 4.70. The van der Waals surface area contributed by atoms with Gasteiger partial charge in [-0.1, -0.05) is 19.3 Å². The number of nitrogens with two attached hydrogens (primary N) is 1. The molecule has 0 saturated heterocycles. The molecule has 0 aromatic rings. The number of nitrogens with one attached hydrogen (secondary N) is 1. The number of nitrogens with zero attached hydrogens (tertiary/aromatic N) is 1. The molecule has 1 aliphatic rings. The van der Waals surface area contributed by atoms with Crippen molar-refractivity contribution in [3.8, 4) is 0 Å². The quantitative estimate of drug-likeness (QED) is 0.426. The number of hydrogen-bond donors (Lipinski definition) is 2. The Bertz CT molecular complexity index is 210. The lowest BCUT2D eigenvalue weighted by atomic mass is 9.98. The third kappa shape index (κ3) is 5.95. The third-order valence-corrected chi connectivity index (χ3v) is 2.72. The van der Waals surface area contributed by atoms with E-state index in [2.05, 4.69) is 10.3 Å². The van der Waals surface area contributed by atoms with Crippen molar-refractivity contribution in [1.29, 1.82) is 0 Å². The summed E-state index contributed by atoms with van der Waals surface area (Å²) in [4.78, 5) is 4.21. The topological polar surface area (TPSA) is 59.6 Å². The van der Waals surface area contributed by atoms with E-state index in [-0.39, 0.29) is 0 Å². The van der Waals surface area contributed by atoms with Gasteiger partial charge < -0.3 is 15.8 Å². The van der Waals surface area contributed by atoms with Gasteiger partial charge in [0, 0.05) is 6.04 Å². The van der Waals surface area contributed by atoms with E-state index in [1.807, 2.05) is 13.8 Å². The van der Waals surface area contributed by atoms with E-state index in [1.54, 1.807) is 0 Å². The van der Waals surface area contributed by atoms with Crippen LogP contribution in [0.2, 0.25) is 0 Å². The SMILES string of the molecule is CC(C)NC(N)=NCCOC1CCCCC1. The summed E-state index contributed by atoms with van der Waals surface area (Å²) in [5, 5.41) is 3.05. The molecule has 0 radical (unpaired) electrons. The molecule has 0 bridgehead atoms. The minimum Gasteiger partial charge on any atom is -0.376 e. The van der Waals surface area contributed by atoms with E-state index >= 15 is 0 Å². The van der Waals surface area contributed by atoms with Crippen LogP contribution < -0.4 is 11.1 Å². The fourth-order valence-corrected chi connectivity index (χ4v) is 1.96. The fourth-order valence-electron chi connectivity index (χ4n) is 1.96. The van der Waals surface area contributed by atoms with E-state index in [0.717, 1.165) is 0 Å². The second kappa shape index (κ2) is 7.49. The summed E-state index contributed by atoms with van der Waals surface area (Å²) in [5.41, 5.74) is 5.68. The Kier molecular flexibility index (Phi) is 6.23. The van der Waals surface area contributed by atoms with Gasteiger partial charge >= 0.3 is 0 Å². The molecule has 0 aromatic carbocycles. The average Bonchev–Trinajstić information content (AvgIpc) is 2.25. The molecule has 0 spiro atoms. The summed E-state index contributed by atoms with van der Waals surface area (Å²) >= 11 is 0. The van der Waals surface area contributed by atoms with Crippen molar-refractivity contribution in [2.75, 3.05) is 13.2 Å². The standard InChI is InChI=1S/C12H25N3O/c1-10(2)15-12(13)14-8-9-16-11-6-4-3-5-7-11/h10-11H,3-9H2,1-2H3,(H3,13,14,15). The van der Waals surface area contributed by atoms with Crippen LogP contribution >= 0.6 is 0 Å². The lowest BCUT2D eigenvalue weighted by Crippen LogP contribution is -2.37. The molecule has 0 heterocycles. The monoisotopic (exact) mass is 227 g/mol. The van der Waals surface area contributed by atoms with Crippen LogP contribution in [0.5, 0.6) is 0 Å². The molecule has 0 atom stereocenters. The zero-order chi connectivity index (χ0) is 11.8. The second-order valence-electron chi connectivity index (χ2n) is 4.70. The highest BCUT2D eigenvalue weighted by Crippen LogP contribution is 2.19. The first-order valence-electron chi connectivity index (χ1n) is 6.36. The van der Waals surface area contributed by atoms with Crippen molar-refractivity contribution >= 4 is 5.96 Å². The zero-order valence-electron chi connectivity index (χ0n) is 10.5. The zero-order valence-corrected chi connectivity index (χ0v) is 10.5. The number of hydrogen-bond acceptors (Lipinski definition) is 2. The van der Waals surface area contributed by atoms with E-state index in [4.69, 9.17) is 10.5 Å². The highest BCUT2D eigenvalue weighted by molar-refractivity contribution is 5.78. The Morgan fingerprint density at radius 2 is 2.06 bits per heavy atom. The highest BCUT2D eigenvalue weighted by atomic mass is 16.5. The Balaban J connectivity index is 2.05. The van der Waals surface area contributed by atoms with Crippen LogP contribution in [0.4, 0.5) is 0 Å². The average molecular weight is 227 g/mol. The van der Waals surface area contributed by atoms with Crippen molar-refractivity contribution in [3.63, 3.8) is 0 Å². The molecule has 1 saturated carbocycles. The normalized spacial score (nSPS) is 19.1. The maximum atomic E-state index is 5.75. The number of guanidine groups is 1. The minimum absolute atomic E-state index is 0.336. The lowest BCUT2D eigenvalue weighted by Gasteiger charge is -2.21. The summed E-state index contributed by atoms with van der Waals surface area (Å²) in [6, 6.07) is 0.336. The van der Waals surface area contributed by atoms with Gasteiger partial charge in [0.15, 0.2) is 5.96 Å². The number of ether oxygens (including phenoxy) is 1. The summed E-state index contributed by atoms with van der Waals surface area (Å²) in [7, 11) is 0. The maximum absolute atomic E-state index is 5.75. The van der Waals surface area contributed by atoms with Crippen molar-refractivity contribution in [2.45, 2.75) is 58.1 Å². The van der Waals surface area contributed by atoms with Crippen molar-refractivity contribution in [3.05, 3.63) is 0 Å². The Labute approximate surface area is 98.6 Å². The smallest absolute Gasteiger partial charge is 0.188 e. The molecule has 0 aromatic heterocycles. The van der Waals surface area contributed by atoms with Gasteiger partial charge in [-0.25, -0.2) is 0 Å². The largest absolute Gasteiger partial charge is 0.376 e. The van der Waals surface area contributed by atoms with Gasteiger partial charge in [0.1, 0.15) is 0 Å².